The van der Waals surface area contributed by atoms with Crippen LogP contribution < -0.4 is 10.6 Å². The van der Waals surface area contributed by atoms with Crippen LogP contribution in [-0.4, -0.2) is 4.41 Å². The van der Waals surface area contributed by atoms with Crippen LogP contribution in [0.5, 0.6) is 0 Å². The quantitative estimate of drug-likeness (QED) is 0.324. The fraction of sp³-hybridized carbons (Fsp3) is 0. The van der Waals surface area contributed by atoms with E-state index in [1.807, 2.05) is 0 Å². The Kier molecular flexibility index (Phi) is 1.36. The Morgan fingerprint density at radius 3 is 2.86 bits per heavy atom. The minimum atomic E-state index is 0.731. The van der Waals surface area contributed by atoms with Gasteiger partial charge in [-0.05, 0) is 24.8 Å². The number of hydrogen-bond donors (Lipinski definition) is 3. The van der Waals surface area contributed by atoms with E-state index in [-0.39, 0.29) is 0 Å². The maximum absolute atomic E-state index is 5.30. The second kappa shape index (κ2) is 1.85. The number of nitrogens with zero attached hydrogens (tertiary/aromatic N) is 1. The molecule has 1 aliphatic heterocycles. The van der Waals surface area contributed by atoms with Gasteiger partial charge in [0.1, 0.15) is 5.03 Å². The Bertz CT molecular complexity index is 101. The predicted molar refractivity (Wildman–Crippen MR) is 33.8 cm³/mol. The summed E-state index contributed by atoms with van der Waals surface area (Å²) in [6, 6.07) is 0. The van der Waals surface area contributed by atoms with Crippen molar-refractivity contribution in [3.8, 4) is 0 Å². The SMILES string of the molecule is NC1=CN(S)NS1. The van der Waals surface area contributed by atoms with Gasteiger partial charge < -0.3 is 5.73 Å². The summed E-state index contributed by atoms with van der Waals surface area (Å²) in [6.07, 6.45) is 1.69. The van der Waals surface area contributed by atoms with Crippen LogP contribution in [-0.2, 0) is 0 Å². The van der Waals surface area contributed by atoms with E-state index in [0.29, 0.717) is 0 Å². The summed E-state index contributed by atoms with van der Waals surface area (Å²) in [4.78, 5) is 2.77. The molecule has 3 N–H and O–H groups in total. The highest BCUT2D eigenvalue weighted by Crippen LogP contribution is 2.14. The Labute approximate surface area is 51.6 Å². The Hall–Kier alpha value is -0.0000000000000000555. The number of hydrazine groups is 1. The summed E-state index contributed by atoms with van der Waals surface area (Å²) >= 11 is 5.24. The highest BCUT2D eigenvalue weighted by Gasteiger charge is 2.03. The van der Waals surface area contributed by atoms with E-state index >= 15 is 0 Å². The molecule has 0 saturated carbocycles. The normalized spacial score (nSPS) is 20.1. The van der Waals surface area contributed by atoms with Gasteiger partial charge in [-0.2, -0.15) is 4.83 Å². The molecule has 0 aliphatic carbocycles. The summed E-state index contributed by atoms with van der Waals surface area (Å²) in [7, 11) is 0. The Morgan fingerprint density at radius 2 is 2.71 bits per heavy atom. The zero-order chi connectivity index (χ0) is 5.28. The first-order chi connectivity index (χ1) is 3.29. The fourth-order valence-corrected chi connectivity index (χ4v) is 1.01. The van der Waals surface area contributed by atoms with Gasteiger partial charge in [0.05, 0.1) is 6.20 Å². The lowest BCUT2D eigenvalue weighted by Gasteiger charge is -2.00. The molecule has 0 spiro atoms. The second-order valence-corrected chi connectivity index (χ2v) is 2.36. The monoisotopic (exact) mass is 135 g/mol. The lowest BCUT2D eigenvalue weighted by molar-refractivity contribution is 0.627. The van der Waals surface area contributed by atoms with Crippen molar-refractivity contribution in [2.24, 2.45) is 5.73 Å². The molecule has 0 fully saturated rings. The molecule has 1 heterocycles. The summed E-state index contributed by atoms with van der Waals surface area (Å²) in [5.74, 6) is 0. The highest BCUT2D eigenvalue weighted by atomic mass is 32.2. The topological polar surface area (TPSA) is 41.3 Å². The van der Waals surface area contributed by atoms with Gasteiger partial charge in [0.2, 0.25) is 0 Å². The smallest absolute Gasteiger partial charge is 0.101 e. The van der Waals surface area contributed by atoms with Crippen LogP contribution in [0.25, 0.3) is 0 Å². The maximum atomic E-state index is 5.30. The number of nitrogens with two attached hydrogens (primary N) is 1. The van der Waals surface area contributed by atoms with E-state index in [9.17, 15) is 0 Å². The molecule has 3 nitrogen and oxygen atoms in total. The van der Waals surface area contributed by atoms with Crippen molar-refractivity contribution >= 4 is 24.8 Å². The van der Waals surface area contributed by atoms with Crippen molar-refractivity contribution in [1.29, 1.82) is 0 Å². The fourth-order valence-electron chi connectivity index (χ4n) is 0.273. The minimum Gasteiger partial charge on any atom is -0.391 e. The van der Waals surface area contributed by atoms with Gasteiger partial charge in [-0.15, -0.1) is 0 Å². The van der Waals surface area contributed by atoms with Crippen LogP contribution in [0.15, 0.2) is 11.2 Å². The molecule has 40 valence electrons. The third-order valence-corrected chi connectivity index (χ3v) is 1.49. The molecule has 0 radical (unpaired) electrons. The van der Waals surface area contributed by atoms with Crippen molar-refractivity contribution in [2.45, 2.75) is 0 Å². The van der Waals surface area contributed by atoms with E-state index in [1.165, 1.54) is 16.4 Å². The van der Waals surface area contributed by atoms with Gasteiger partial charge in [-0.1, -0.05) is 0 Å². The van der Waals surface area contributed by atoms with E-state index < -0.39 is 0 Å². The molecule has 0 aromatic carbocycles. The van der Waals surface area contributed by atoms with E-state index in [2.05, 4.69) is 17.6 Å². The van der Waals surface area contributed by atoms with Gasteiger partial charge in [0.25, 0.3) is 0 Å². The second-order valence-electron chi connectivity index (χ2n) is 1.07. The molecule has 0 atom stereocenters. The summed E-state index contributed by atoms with van der Waals surface area (Å²) in [6.45, 7) is 0. The van der Waals surface area contributed by atoms with Crippen LogP contribution in [0.4, 0.5) is 0 Å². The number of nitrogens with one attached hydrogen (secondary N) is 1. The Morgan fingerprint density at radius 1 is 2.00 bits per heavy atom. The molecular formula is C2H5N3S2. The molecule has 0 aromatic heterocycles. The zero-order valence-electron chi connectivity index (χ0n) is 3.46. The summed E-state index contributed by atoms with van der Waals surface area (Å²) < 4.78 is 1.50. The van der Waals surface area contributed by atoms with Crippen molar-refractivity contribution in [2.75, 3.05) is 0 Å². The minimum absolute atomic E-state index is 0.731. The van der Waals surface area contributed by atoms with Crippen LogP contribution in [0, 0.1) is 0 Å². The lowest BCUT2D eigenvalue weighted by atomic mass is 10.9. The van der Waals surface area contributed by atoms with Gasteiger partial charge in [-0.25, -0.2) is 4.41 Å². The molecule has 5 heteroatoms. The first-order valence-corrected chi connectivity index (χ1v) is 2.88. The average Bonchev–Trinajstić information content (AvgIpc) is 1.87. The van der Waals surface area contributed by atoms with Gasteiger partial charge in [0.15, 0.2) is 0 Å². The van der Waals surface area contributed by atoms with E-state index in [0.717, 1.165) is 5.03 Å². The first kappa shape index (κ1) is 5.14. The number of thiol groups is 1. The highest BCUT2D eigenvalue weighted by molar-refractivity contribution is 8.01. The van der Waals surface area contributed by atoms with Crippen LogP contribution in [0.1, 0.15) is 0 Å². The number of rotatable bonds is 0. The van der Waals surface area contributed by atoms with Crippen molar-refractivity contribution in [3.63, 3.8) is 0 Å². The van der Waals surface area contributed by atoms with Gasteiger partial charge in [-0.3, -0.25) is 0 Å². The third kappa shape index (κ3) is 1.19. The zero-order valence-corrected chi connectivity index (χ0v) is 5.17. The van der Waals surface area contributed by atoms with Gasteiger partial charge >= 0.3 is 0 Å². The molecular weight excluding hydrogens is 130 g/mol. The van der Waals surface area contributed by atoms with Gasteiger partial charge in [0, 0.05) is 0 Å². The molecule has 0 bridgehead atoms. The Balaban J connectivity index is 2.50. The molecule has 7 heavy (non-hydrogen) atoms. The van der Waals surface area contributed by atoms with Crippen molar-refractivity contribution in [1.82, 2.24) is 9.25 Å². The van der Waals surface area contributed by atoms with Crippen molar-refractivity contribution < 1.29 is 0 Å². The molecule has 0 unspecified atom stereocenters. The maximum Gasteiger partial charge on any atom is 0.101 e. The summed E-state index contributed by atoms with van der Waals surface area (Å²) in [5.41, 5.74) is 5.30. The molecule has 1 rings (SSSR count). The average molecular weight is 135 g/mol. The van der Waals surface area contributed by atoms with E-state index in [4.69, 9.17) is 5.73 Å². The lowest BCUT2D eigenvalue weighted by Crippen LogP contribution is -2.10. The third-order valence-electron chi connectivity index (χ3n) is 0.507. The molecule has 0 amide bonds. The van der Waals surface area contributed by atoms with Crippen molar-refractivity contribution in [3.05, 3.63) is 11.2 Å². The largest absolute Gasteiger partial charge is 0.391 e. The number of hydrogen-bond acceptors (Lipinski definition) is 5. The predicted octanol–water partition coefficient (Wildman–Crippen LogP) is 0.0572. The molecule has 0 saturated heterocycles. The molecule has 0 aromatic rings. The first-order valence-electron chi connectivity index (χ1n) is 1.67. The van der Waals surface area contributed by atoms with Crippen LogP contribution >= 0.6 is 24.8 Å². The van der Waals surface area contributed by atoms with E-state index in [1.54, 1.807) is 6.20 Å². The molecule has 1 aliphatic rings. The van der Waals surface area contributed by atoms with Crippen LogP contribution in [0.3, 0.4) is 0 Å². The summed E-state index contributed by atoms with van der Waals surface area (Å²) in [5, 5.41) is 0.731. The standard InChI is InChI=1S/C2H5N3S2/c3-2-1-5(6)4-7-2/h1,4,6H,3H2. The van der Waals surface area contributed by atoms with Crippen LogP contribution in [0.2, 0.25) is 0 Å².